The van der Waals surface area contributed by atoms with Gasteiger partial charge in [0.05, 0.1) is 23.1 Å². The van der Waals surface area contributed by atoms with Crippen LogP contribution in [0.5, 0.6) is 0 Å². The van der Waals surface area contributed by atoms with E-state index in [9.17, 15) is 18.7 Å². The van der Waals surface area contributed by atoms with Crippen LogP contribution in [-0.4, -0.2) is 27.8 Å². The van der Waals surface area contributed by atoms with Gasteiger partial charge in [-0.3, -0.25) is 9.89 Å². The number of aliphatic hydroxyl groups is 1. The zero-order chi connectivity index (χ0) is 21.8. The molecule has 0 bridgehead atoms. The molecule has 1 aromatic heterocycles. The number of hydrogen-bond acceptors (Lipinski definition) is 3. The van der Waals surface area contributed by atoms with Crippen LogP contribution in [0.1, 0.15) is 22.0 Å². The van der Waals surface area contributed by atoms with Crippen LogP contribution in [0, 0.1) is 11.6 Å². The van der Waals surface area contributed by atoms with E-state index in [4.69, 9.17) is 0 Å². The van der Waals surface area contributed by atoms with E-state index in [0.29, 0.717) is 22.5 Å². The number of aliphatic hydroxyl groups excluding tert-OH is 1. The third-order valence-corrected chi connectivity index (χ3v) is 4.89. The van der Waals surface area contributed by atoms with E-state index in [0.717, 1.165) is 0 Å². The van der Waals surface area contributed by atoms with E-state index in [1.165, 1.54) is 30.3 Å². The van der Waals surface area contributed by atoms with Crippen molar-refractivity contribution in [3.63, 3.8) is 0 Å². The Morgan fingerprint density at radius 3 is 2.48 bits per heavy atom. The number of benzene rings is 3. The topological polar surface area (TPSA) is 78.0 Å². The highest BCUT2D eigenvalue weighted by Gasteiger charge is 2.20. The Morgan fingerprint density at radius 2 is 1.74 bits per heavy atom. The monoisotopic (exact) mass is 419 g/mol. The Labute approximate surface area is 177 Å². The lowest BCUT2D eigenvalue weighted by molar-refractivity contribution is 0.0916. The molecular formula is C24H19F2N3O2. The summed E-state index contributed by atoms with van der Waals surface area (Å²) in [5.41, 5.74) is 2.29. The molecular weight excluding hydrogens is 400 g/mol. The molecule has 156 valence electrons. The molecule has 5 nitrogen and oxygen atoms in total. The number of hydrogen-bond donors (Lipinski definition) is 3. The Hall–Kier alpha value is -3.84. The molecule has 1 amide bonds. The molecule has 0 aliphatic heterocycles. The third-order valence-electron chi connectivity index (χ3n) is 4.89. The standard InChI is InChI=1S/C24H19F2N3O2/c25-17-11-9-15(10-12-17)20-13-21(29-28-20)23-18(7-4-8-19(23)26)24(31)27-14-22(30)16-5-2-1-3-6-16/h1-13,22,30H,14H2,(H,27,31)(H,28,29)/t22-/m1/s1. The second-order valence-corrected chi connectivity index (χ2v) is 6.97. The van der Waals surface area contributed by atoms with Gasteiger partial charge in [0.15, 0.2) is 0 Å². The van der Waals surface area contributed by atoms with E-state index in [1.807, 2.05) is 6.07 Å². The summed E-state index contributed by atoms with van der Waals surface area (Å²) in [6.07, 6.45) is -0.889. The van der Waals surface area contributed by atoms with Crippen molar-refractivity contribution in [3.8, 4) is 22.5 Å². The summed E-state index contributed by atoms with van der Waals surface area (Å²) in [5.74, 6) is -1.49. The normalized spacial score (nSPS) is 11.8. The number of nitrogens with zero attached hydrogens (tertiary/aromatic N) is 1. The van der Waals surface area contributed by atoms with Gasteiger partial charge in [-0.05, 0) is 48.0 Å². The molecule has 0 unspecified atom stereocenters. The minimum Gasteiger partial charge on any atom is -0.387 e. The third kappa shape index (κ3) is 4.51. The van der Waals surface area contributed by atoms with Gasteiger partial charge in [0.1, 0.15) is 11.6 Å². The number of carbonyl (C=O) groups excluding carboxylic acids is 1. The number of amides is 1. The molecule has 7 heteroatoms. The van der Waals surface area contributed by atoms with Gasteiger partial charge in [-0.2, -0.15) is 5.10 Å². The van der Waals surface area contributed by atoms with Gasteiger partial charge in [-0.1, -0.05) is 36.4 Å². The molecule has 1 heterocycles. The molecule has 0 fully saturated rings. The summed E-state index contributed by atoms with van der Waals surface area (Å²) in [6, 6.07) is 20.5. The van der Waals surface area contributed by atoms with Crippen molar-refractivity contribution in [2.75, 3.05) is 6.54 Å². The molecule has 3 N–H and O–H groups in total. The van der Waals surface area contributed by atoms with Crippen molar-refractivity contribution in [1.82, 2.24) is 15.5 Å². The summed E-state index contributed by atoms with van der Waals surface area (Å²) < 4.78 is 27.9. The largest absolute Gasteiger partial charge is 0.387 e. The van der Waals surface area contributed by atoms with Gasteiger partial charge in [0.2, 0.25) is 0 Å². The summed E-state index contributed by atoms with van der Waals surface area (Å²) in [5, 5.41) is 19.8. The van der Waals surface area contributed by atoms with Crippen LogP contribution >= 0.6 is 0 Å². The molecule has 0 aliphatic rings. The van der Waals surface area contributed by atoms with Gasteiger partial charge in [0, 0.05) is 17.7 Å². The molecule has 1 atom stereocenters. The van der Waals surface area contributed by atoms with Crippen molar-refractivity contribution in [2.45, 2.75) is 6.10 Å². The first-order chi connectivity index (χ1) is 15.0. The zero-order valence-electron chi connectivity index (χ0n) is 16.3. The van der Waals surface area contributed by atoms with Crippen molar-refractivity contribution < 1.29 is 18.7 Å². The van der Waals surface area contributed by atoms with Gasteiger partial charge < -0.3 is 10.4 Å². The first-order valence-electron chi connectivity index (χ1n) is 9.64. The van der Waals surface area contributed by atoms with Crippen molar-refractivity contribution in [2.24, 2.45) is 0 Å². The second kappa shape index (κ2) is 8.89. The smallest absolute Gasteiger partial charge is 0.252 e. The maximum absolute atomic E-state index is 14.7. The maximum atomic E-state index is 14.7. The van der Waals surface area contributed by atoms with Crippen LogP contribution in [0.25, 0.3) is 22.5 Å². The summed E-state index contributed by atoms with van der Waals surface area (Å²) >= 11 is 0. The lowest BCUT2D eigenvalue weighted by Gasteiger charge is -2.14. The van der Waals surface area contributed by atoms with Crippen molar-refractivity contribution in [3.05, 3.63) is 102 Å². The first-order valence-corrected chi connectivity index (χ1v) is 9.64. The van der Waals surface area contributed by atoms with Gasteiger partial charge in [-0.25, -0.2) is 8.78 Å². The summed E-state index contributed by atoms with van der Waals surface area (Å²) in [7, 11) is 0. The number of H-pyrrole nitrogens is 1. The van der Waals surface area contributed by atoms with Crippen LogP contribution in [0.15, 0.2) is 78.9 Å². The van der Waals surface area contributed by atoms with Crippen LogP contribution in [0.2, 0.25) is 0 Å². The first kappa shape index (κ1) is 20.4. The molecule has 31 heavy (non-hydrogen) atoms. The van der Waals surface area contributed by atoms with E-state index in [-0.39, 0.29) is 23.5 Å². The number of halogens is 2. The van der Waals surface area contributed by atoms with E-state index < -0.39 is 17.8 Å². The SMILES string of the molecule is O=C(NC[C@@H](O)c1ccccc1)c1cccc(F)c1-c1cc(-c2ccc(F)cc2)n[nH]1. The molecule has 0 aliphatic carbocycles. The van der Waals surface area contributed by atoms with Gasteiger partial charge in [-0.15, -0.1) is 0 Å². The number of rotatable bonds is 6. The number of nitrogens with one attached hydrogen (secondary N) is 2. The van der Waals surface area contributed by atoms with Crippen molar-refractivity contribution in [1.29, 1.82) is 0 Å². The van der Waals surface area contributed by atoms with Crippen LogP contribution in [0.4, 0.5) is 8.78 Å². The Morgan fingerprint density at radius 1 is 1.00 bits per heavy atom. The molecule has 0 saturated heterocycles. The predicted molar refractivity (Wildman–Crippen MR) is 113 cm³/mol. The number of carbonyl (C=O) groups is 1. The molecule has 0 saturated carbocycles. The lowest BCUT2D eigenvalue weighted by Crippen LogP contribution is -2.29. The summed E-state index contributed by atoms with van der Waals surface area (Å²) in [4.78, 5) is 12.8. The van der Waals surface area contributed by atoms with E-state index in [1.54, 1.807) is 42.5 Å². The molecule has 4 aromatic rings. The van der Waals surface area contributed by atoms with Crippen LogP contribution in [0.3, 0.4) is 0 Å². The van der Waals surface area contributed by atoms with Gasteiger partial charge in [0.25, 0.3) is 5.91 Å². The van der Waals surface area contributed by atoms with E-state index >= 15 is 0 Å². The fraction of sp³-hybridized carbons (Fsp3) is 0.0833. The minimum atomic E-state index is -0.889. The zero-order valence-corrected chi connectivity index (χ0v) is 16.3. The molecule has 0 spiro atoms. The minimum absolute atomic E-state index is 0.0252. The Bertz CT molecular complexity index is 1190. The fourth-order valence-corrected chi connectivity index (χ4v) is 3.28. The highest BCUT2D eigenvalue weighted by molar-refractivity contribution is 6.00. The average molecular weight is 419 g/mol. The molecule has 4 rings (SSSR count). The van der Waals surface area contributed by atoms with Gasteiger partial charge >= 0.3 is 0 Å². The predicted octanol–water partition coefficient (Wildman–Crippen LogP) is 4.49. The fourth-order valence-electron chi connectivity index (χ4n) is 3.28. The highest BCUT2D eigenvalue weighted by atomic mass is 19.1. The Kier molecular flexibility index (Phi) is 5.86. The summed E-state index contributed by atoms with van der Waals surface area (Å²) in [6.45, 7) is -0.0252. The lowest BCUT2D eigenvalue weighted by atomic mass is 10.0. The van der Waals surface area contributed by atoms with E-state index in [2.05, 4.69) is 15.5 Å². The van der Waals surface area contributed by atoms with Crippen molar-refractivity contribution >= 4 is 5.91 Å². The number of aromatic nitrogens is 2. The maximum Gasteiger partial charge on any atom is 0.252 e. The molecule has 3 aromatic carbocycles. The number of aromatic amines is 1. The Balaban J connectivity index is 1.57. The van der Waals surface area contributed by atoms with Crippen LogP contribution < -0.4 is 5.32 Å². The average Bonchev–Trinajstić information content (AvgIpc) is 3.28. The molecule has 0 radical (unpaired) electrons. The van der Waals surface area contributed by atoms with Crippen LogP contribution in [-0.2, 0) is 0 Å². The second-order valence-electron chi connectivity index (χ2n) is 6.97. The highest BCUT2D eigenvalue weighted by Crippen LogP contribution is 2.29. The quantitative estimate of drug-likeness (QED) is 0.431.